The number of benzene rings is 3. The van der Waals surface area contributed by atoms with E-state index in [4.69, 9.17) is 4.74 Å². The second-order valence-corrected chi connectivity index (χ2v) is 8.56. The Bertz CT molecular complexity index is 1250. The van der Waals surface area contributed by atoms with E-state index in [1.54, 1.807) is 0 Å². The number of aromatic nitrogens is 3. The maximum absolute atomic E-state index is 12.7. The second-order valence-electron chi connectivity index (χ2n) is 7.61. The Morgan fingerprint density at radius 2 is 1.70 bits per heavy atom. The lowest BCUT2D eigenvalue weighted by Crippen LogP contribution is -2.15. The average molecular weight is 459 g/mol. The molecule has 0 saturated heterocycles. The molecule has 3 aromatic carbocycles. The van der Waals surface area contributed by atoms with Gasteiger partial charge in [-0.3, -0.25) is 4.79 Å². The van der Waals surface area contributed by atoms with E-state index in [2.05, 4.69) is 28.5 Å². The lowest BCUT2D eigenvalue weighted by Gasteiger charge is -2.12. The molecular formula is C26H26N4O2S. The summed E-state index contributed by atoms with van der Waals surface area (Å²) in [4.78, 5) is 12.7. The molecule has 4 rings (SSSR count). The Morgan fingerprint density at radius 3 is 2.45 bits per heavy atom. The minimum Gasteiger partial charge on any atom is -0.455 e. The summed E-state index contributed by atoms with van der Waals surface area (Å²) in [5.74, 6) is 2.21. The predicted octanol–water partition coefficient (Wildman–Crippen LogP) is 6.10. The highest BCUT2D eigenvalue weighted by Crippen LogP contribution is 2.30. The van der Waals surface area contributed by atoms with Gasteiger partial charge in [0.25, 0.3) is 0 Å². The van der Waals surface area contributed by atoms with Gasteiger partial charge in [-0.05, 0) is 50.6 Å². The Kier molecular flexibility index (Phi) is 7.10. The molecule has 0 fully saturated rings. The summed E-state index contributed by atoms with van der Waals surface area (Å²) in [6, 6.07) is 23.3. The maximum atomic E-state index is 12.7. The van der Waals surface area contributed by atoms with Gasteiger partial charge in [-0.15, -0.1) is 10.2 Å². The van der Waals surface area contributed by atoms with Crippen molar-refractivity contribution in [3.8, 4) is 22.9 Å². The zero-order valence-corrected chi connectivity index (χ0v) is 19.7. The molecule has 0 radical (unpaired) electrons. The number of hydrogen-bond donors (Lipinski definition) is 1. The number of carbonyl (C=O) groups is 1. The molecule has 1 aromatic heterocycles. The van der Waals surface area contributed by atoms with Gasteiger partial charge < -0.3 is 14.6 Å². The quantitative estimate of drug-likeness (QED) is 0.323. The third-order valence-corrected chi connectivity index (χ3v) is 6.13. The molecule has 0 aliphatic heterocycles. The standard InChI is InChI=1S/C26H26N4O2S/c1-4-30-25(21-10-6-5-9-19(21)3)28-29-26(30)33-17-24(31)27-22-11-7-8-12-23(22)32-20-15-13-18(2)14-16-20/h5-16H,4,17H2,1-3H3,(H,27,31). The first-order chi connectivity index (χ1) is 16.0. The van der Waals surface area contributed by atoms with E-state index in [0.29, 0.717) is 18.0 Å². The minimum absolute atomic E-state index is 0.136. The number of rotatable bonds is 8. The number of carbonyl (C=O) groups excluding carboxylic acids is 1. The van der Waals surface area contributed by atoms with Crippen molar-refractivity contribution in [2.75, 3.05) is 11.1 Å². The number of thioether (sulfide) groups is 1. The molecule has 1 N–H and O–H groups in total. The van der Waals surface area contributed by atoms with Crippen molar-refractivity contribution in [3.05, 3.63) is 83.9 Å². The van der Waals surface area contributed by atoms with Crippen LogP contribution in [0, 0.1) is 13.8 Å². The molecule has 0 atom stereocenters. The van der Waals surface area contributed by atoms with Gasteiger partial charge in [-0.2, -0.15) is 0 Å². The van der Waals surface area contributed by atoms with Crippen molar-refractivity contribution < 1.29 is 9.53 Å². The molecule has 7 heteroatoms. The molecule has 4 aromatic rings. The molecule has 6 nitrogen and oxygen atoms in total. The van der Waals surface area contributed by atoms with Crippen LogP contribution >= 0.6 is 11.8 Å². The molecule has 0 aliphatic rings. The molecule has 168 valence electrons. The Hall–Kier alpha value is -3.58. The van der Waals surface area contributed by atoms with Gasteiger partial charge in [-0.1, -0.05) is 65.9 Å². The number of hydrogen-bond acceptors (Lipinski definition) is 5. The number of ether oxygens (including phenoxy) is 1. The summed E-state index contributed by atoms with van der Waals surface area (Å²) >= 11 is 1.37. The van der Waals surface area contributed by atoms with Crippen LogP contribution in [-0.2, 0) is 11.3 Å². The first-order valence-electron chi connectivity index (χ1n) is 10.8. The highest BCUT2D eigenvalue weighted by molar-refractivity contribution is 7.99. The van der Waals surface area contributed by atoms with Crippen molar-refractivity contribution >= 4 is 23.4 Å². The average Bonchev–Trinajstić information content (AvgIpc) is 3.23. The van der Waals surface area contributed by atoms with Crippen LogP contribution in [0.4, 0.5) is 5.69 Å². The van der Waals surface area contributed by atoms with E-state index < -0.39 is 0 Å². The van der Waals surface area contributed by atoms with E-state index in [9.17, 15) is 4.79 Å². The maximum Gasteiger partial charge on any atom is 0.234 e. The summed E-state index contributed by atoms with van der Waals surface area (Å²) in [5, 5.41) is 12.4. The number of aryl methyl sites for hydroxylation is 2. The van der Waals surface area contributed by atoms with Gasteiger partial charge in [-0.25, -0.2) is 0 Å². The number of nitrogens with one attached hydrogen (secondary N) is 1. The molecule has 0 bridgehead atoms. The van der Waals surface area contributed by atoms with Crippen LogP contribution in [0.2, 0.25) is 0 Å². The van der Waals surface area contributed by atoms with Crippen molar-refractivity contribution in [2.24, 2.45) is 0 Å². The predicted molar refractivity (Wildman–Crippen MR) is 133 cm³/mol. The van der Waals surface area contributed by atoms with Gasteiger partial charge in [0.2, 0.25) is 5.91 Å². The zero-order chi connectivity index (χ0) is 23.2. The van der Waals surface area contributed by atoms with Crippen molar-refractivity contribution in [1.29, 1.82) is 0 Å². The minimum atomic E-state index is -0.136. The molecule has 0 unspecified atom stereocenters. The van der Waals surface area contributed by atoms with Gasteiger partial charge in [0.05, 0.1) is 11.4 Å². The Balaban J connectivity index is 1.44. The third-order valence-electron chi connectivity index (χ3n) is 5.16. The van der Waals surface area contributed by atoms with Crippen LogP contribution in [0.1, 0.15) is 18.1 Å². The third kappa shape index (κ3) is 5.43. The van der Waals surface area contributed by atoms with Crippen molar-refractivity contribution in [2.45, 2.75) is 32.5 Å². The molecule has 1 heterocycles. The highest BCUT2D eigenvalue weighted by atomic mass is 32.2. The summed E-state index contributed by atoms with van der Waals surface area (Å²) in [6.07, 6.45) is 0. The monoisotopic (exact) mass is 458 g/mol. The smallest absolute Gasteiger partial charge is 0.234 e. The first kappa shape index (κ1) is 22.6. The van der Waals surface area contributed by atoms with Crippen LogP contribution in [-0.4, -0.2) is 26.4 Å². The fourth-order valence-electron chi connectivity index (χ4n) is 3.41. The van der Waals surface area contributed by atoms with Gasteiger partial charge >= 0.3 is 0 Å². The molecular weight excluding hydrogens is 432 g/mol. The normalized spacial score (nSPS) is 10.8. The summed E-state index contributed by atoms with van der Waals surface area (Å²) in [7, 11) is 0. The van der Waals surface area contributed by atoms with Crippen LogP contribution in [0.3, 0.4) is 0 Å². The second kappa shape index (κ2) is 10.4. The first-order valence-corrected chi connectivity index (χ1v) is 11.8. The number of para-hydroxylation sites is 2. The number of amides is 1. The van der Waals surface area contributed by atoms with E-state index in [1.807, 2.05) is 85.1 Å². The van der Waals surface area contributed by atoms with Gasteiger partial charge in [0.1, 0.15) is 5.75 Å². The fourth-order valence-corrected chi connectivity index (χ4v) is 4.21. The Labute approximate surface area is 198 Å². The van der Waals surface area contributed by atoms with Crippen LogP contribution in [0.15, 0.2) is 78.0 Å². The van der Waals surface area contributed by atoms with E-state index in [0.717, 1.165) is 33.4 Å². The Morgan fingerprint density at radius 1 is 0.970 bits per heavy atom. The molecule has 0 aliphatic carbocycles. The lowest BCUT2D eigenvalue weighted by atomic mass is 10.1. The number of anilines is 1. The largest absolute Gasteiger partial charge is 0.455 e. The van der Waals surface area contributed by atoms with Crippen LogP contribution in [0.25, 0.3) is 11.4 Å². The fraction of sp³-hybridized carbons (Fsp3) is 0.192. The van der Waals surface area contributed by atoms with Crippen molar-refractivity contribution in [3.63, 3.8) is 0 Å². The molecule has 1 amide bonds. The van der Waals surface area contributed by atoms with E-state index in [1.165, 1.54) is 11.8 Å². The molecule has 0 spiro atoms. The number of nitrogens with zero attached hydrogens (tertiary/aromatic N) is 3. The van der Waals surface area contributed by atoms with E-state index >= 15 is 0 Å². The zero-order valence-electron chi connectivity index (χ0n) is 18.9. The van der Waals surface area contributed by atoms with Crippen LogP contribution in [0.5, 0.6) is 11.5 Å². The van der Waals surface area contributed by atoms with Crippen LogP contribution < -0.4 is 10.1 Å². The van der Waals surface area contributed by atoms with Crippen molar-refractivity contribution in [1.82, 2.24) is 14.8 Å². The SMILES string of the molecule is CCn1c(SCC(=O)Nc2ccccc2Oc2ccc(C)cc2)nnc1-c1ccccc1C. The summed E-state index contributed by atoms with van der Waals surface area (Å²) in [6.45, 7) is 6.85. The van der Waals surface area contributed by atoms with Gasteiger partial charge in [0.15, 0.2) is 16.7 Å². The van der Waals surface area contributed by atoms with Gasteiger partial charge in [0, 0.05) is 12.1 Å². The highest BCUT2D eigenvalue weighted by Gasteiger charge is 2.16. The van der Waals surface area contributed by atoms with E-state index in [-0.39, 0.29) is 11.7 Å². The summed E-state index contributed by atoms with van der Waals surface area (Å²) in [5.41, 5.74) is 3.97. The lowest BCUT2D eigenvalue weighted by molar-refractivity contribution is -0.113. The topological polar surface area (TPSA) is 69.0 Å². The molecule has 0 saturated carbocycles. The molecule has 33 heavy (non-hydrogen) atoms. The summed E-state index contributed by atoms with van der Waals surface area (Å²) < 4.78 is 8.02.